The first-order valence-corrected chi connectivity index (χ1v) is 7.77. The number of hydrogen-bond acceptors (Lipinski definition) is 5. The Morgan fingerprint density at radius 1 is 1.14 bits per heavy atom. The summed E-state index contributed by atoms with van der Waals surface area (Å²) < 4.78 is 9.91. The maximum atomic E-state index is 11.1. The second kappa shape index (κ2) is 9.53. The summed E-state index contributed by atoms with van der Waals surface area (Å²) in [5, 5.41) is 0. The van der Waals surface area contributed by atoms with E-state index in [0.717, 1.165) is 51.2 Å². The Balaban J connectivity index is 2.25. The number of ether oxygens (including phenoxy) is 2. The van der Waals surface area contributed by atoms with Crippen molar-refractivity contribution in [3.8, 4) is 0 Å². The third kappa shape index (κ3) is 6.27. The predicted octanol–water partition coefficient (Wildman–Crippen LogP) is 2.66. The molecule has 0 aromatic rings. The normalized spacial score (nSPS) is 24.6. The fraction of sp³-hybridized carbons (Fsp3) is 0.812. The van der Waals surface area contributed by atoms with Crippen LogP contribution < -0.4 is 0 Å². The van der Waals surface area contributed by atoms with Crippen LogP contribution in [0.2, 0.25) is 0 Å². The largest absolute Gasteiger partial charge is 0.469 e. The average Bonchev–Trinajstić information content (AvgIpc) is 2.83. The van der Waals surface area contributed by atoms with Gasteiger partial charge in [-0.05, 0) is 25.7 Å². The van der Waals surface area contributed by atoms with Crippen LogP contribution in [0.5, 0.6) is 0 Å². The summed E-state index contributed by atoms with van der Waals surface area (Å²) in [4.78, 5) is 33.2. The molecule has 1 aliphatic carbocycles. The topological polar surface area (TPSA) is 69.7 Å². The summed E-state index contributed by atoms with van der Waals surface area (Å²) in [6.07, 6.45) is 7.70. The minimum absolute atomic E-state index is 0.0180. The summed E-state index contributed by atoms with van der Waals surface area (Å²) in [7, 11) is 1.40. The lowest BCUT2D eigenvalue weighted by atomic mass is 9.90. The number of hydrogen-bond donors (Lipinski definition) is 0. The van der Waals surface area contributed by atoms with Gasteiger partial charge in [0.05, 0.1) is 7.11 Å². The number of methoxy groups -OCH3 is 1. The first kappa shape index (κ1) is 17.7. The zero-order valence-electron chi connectivity index (χ0n) is 13.0. The summed E-state index contributed by atoms with van der Waals surface area (Å²) >= 11 is 0. The van der Waals surface area contributed by atoms with Crippen LogP contribution in [0.4, 0.5) is 0 Å². The maximum Gasteiger partial charge on any atom is 0.305 e. The van der Waals surface area contributed by atoms with E-state index in [0.29, 0.717) is 6.42 Å². The number of rotatable bonds is 9. The van der Waals surface area contributed by atoms with E-state index in [1.807, 2.05) is 0 Å². The van der Waals surface area contributed by atoms with Crippen molar-refractivity contribution in [3.05, 3.63) is 0 Å². The molecule has 2 unspecified atom stereocenters. The molecule has 0 saturated heterocycles. The molecule has 3 atom stereocenters. The number of carbonyl (C=O) groups excluding carboxylic acids is 3. The third-order valence-electron chi connectivity index (χ3n) is 4.20. The minimum atomic E-state index is -0.269. The van der Waals surface area contributed by atoms with Crippen LogP contribution in [0.1, 0.15) is 58.3 Å². The van der Waals surface area contributed by atoms with Gasteiger partial charge in [-0.3, -0.25) is 9.59 Å². The summed E-state index contributed by atoms with van der Waals surface area (Å²) in [6, 6.07) is 0. The summed E-state index contributed by atoms with van der Waals surface area (Å²) in [6.45, 7) is 1.41. The average molecular weight is 298 g/mol. The third-order valence-corrected chi connectivity index (χ3v) is 4.20. The second-order valence-corrected chi connectivity index (χ2v) is 5.72. The van der Waals surface area contributed by atoms with E-state index in [4.69, 9.17) is 4.74 Å². The lowest BCUT2D eigenvalue weighted by Crippen LogP contribution is -2.25. The van der Waals surface area contributed by atoms with E-state index < -0.39 is 0 Å². The first-order valence-electron chi connectivity index (χ1n) is 7.77. The van der Waals surface area contributed by atoms with E-state index in [2.05, 4.69) is 4.74 Å². The quantitative estimate of drug-likeness (QED) is 0.372. The molecule has 0 aromatic heterocycles. The highest BCUT2D eigenvalue weighted by Crippen LogP contribution is 2.36. The van der Waals surface area contributed by atoms with Gasteiger partial charge in [0.25, 0.3) is 0 Å². The SMILES string of the molecule is COC(=O)CCCCCCC1C(OC(C)=O)CC[C@@H]1C=O. The highest BCUT2D eigenvalue weighted by molar-refractivity contribution is 5.69. The Bertz CT molecular complexity index is 353. The maximum absolute atomic E-state index is 11.1. The molecule has 0 heterocycles. The molecule has 1 saturated carbocycles. The fourth-order valence-electron chi connectivity index (χ4n) is 3.09. The molecule has 0 N–H and O–H groups in total. The van der Waals surface area contributed by atoms with E-state index in [-0.39, 0.29) is 29.9 Å². The number of unbranched alkanes of at least 4 members (excludes halogenated alkanes) is 3. The Labute approximate surface area is 126 Å². The molecule has 1 aliphatic rings. The van der Waals surface area contributed by atoms with Crippen molar-refractivity contribution in [2.45, 2.75) is 64.4 Å². The molecule has 120 valence electrons. The Morgan fingerprint density at radius 3 is 2.48 bits per heavy atom. The predicted molar refractivity (Wildman–Crippen MR) is 77.6 cm³/mol. The Kier molecular flexibility index (Phi) is 8.01. The van der Waals surface area contributed by atoms with Gasteiger partial charge in [0.2, 0.25) is 0 Å². The molecule has 5 nitrogen and oxygen atoms in total. The molecule has 1 fully saturated rings. The summed E-state index contributed by atoms with van der Waals surface area (Å²) in [5.41, 5.74) is 0. The molecule has 0 spiro atoms. The molecule has 0 bridgehead atoms. The minimum Gasteiger partial charge on any atom is -0.469 e. The van der Waals surface area contributed by atoms with Crippen molar-refractivity contribution in [2.24, 2.45) is 11.8 Å². The summed E-state index contributed by atoms with van der Waals surface area (Å²) in [5.74, 6) is -0.257. The van der Waals surface area contributed by atoms with Crippen molar-refractivity contribution >= 4 is 18.2 Å². The van der Waals surface area contributed by atoms with Gasteiger partial charge in [0, 0.05) is 25.2 Å². The molecule has 0 aliphatic heterocycles. The van der Waals surface area contributed by atoms with Gasteiger partial charge in [-0.1, -0.05) is 19.3 Å². The highest BCUT2D eigenvalue weighted by Gasteiger charge is 2.37. The van der Waals surface area contributed by atoms with Gasteiger partial charge < -0.3 is 14.3 Å². The zero-order valence-corrected chi connectivity index (χ0v) is 13.0. The van der Waals surface area contributed by atoms with Crippen LogP contribution in [-0.4, -0.2) is 31.4 Å². The smallest absolute Gasteiger partial charge is 0.305 e. The van der Waals surface area contributed by atoms with Gasteiger partial charge in [-0.2, -0.15) is 0 Å². The number of esters is 2. The standard InChI is InChI=1S/C16H26O5/c1-12(18)21-15-10-9-13(11-17)14(15)7-5-3-4-6-8-16(19)20-2/h11,13-15H,3-10H2,1-2H3/t13-,14?,15?/m1/s1. The van der Waals surface area contributed by atoms with Gasteiger partial charge in [-0.15, -0.1) is 0 Å². The van der Waals surface area contributed by atoms with Gasteiger partial charge in [-0.25, -0.2) is 0 Å². The van der Waals surface area contributed by atoms with Crippen molar-refractivity contribution in [3.63, 3.8) is 0 Å². The van der Waals surface area contributed by atoms with Crippen LogP contribution >= 0.6 is 0 Å². The number of aldehydes is 1. The molecule has 0 aromatic carbocycles. The van der Waals surface area contributed by atoms with E-state index in [1.165, 1.54) is 14.0 Å². The van der Waals surface area contributed by atoms with Crippen molar-refractivity contribution in [1.82, 2.24) is 0 Å². The first-order chi connectivity index (χ1) is 10.1. The van der Waals surface area contributed by atoms with E-state index >= 15 is 0 Å². The Hall–Kier alpha value is -1.39. The second-order valence-electron chi connectivity index (χ2n) is 5.72. The molecular formula is C16H26O5. The molecule has 1 rings (SSSR count). The lowest BCUT2D eigenvalue weighted by molar-refractivity contribution is -0.149. The zero-order chi connectivity index (χ0) is 15.7. The van der Waals surface area contributed by atoms with Gasteiger partial charge in [0.15, 0.2) is 0 Å². The molecule has 5 heteroatoms. The van der Waals surface area contributed by atoms with E-state index in [9.17, 15) is 14.4 Å². The Morgan fingerprint density at radius 2 is 1.86 bits per heavy atom. The lowest BCUT2D eigenvalue weighted by Gasteiger charge is -2.21. The molecule has 0 radical (unpaired) electrons. The van der Waals surface area contributed by atoms with Crippen LogP contribution in [0.25, 0.3) is 0 Å². The molecule has 21 heavy (non-hydrogen) atoms. The number of carbonyl (C=O) groups is 3. The fourth-order valence-corrected chi connectivity index (χ4v) is 3.09. The van der Waals surface area contributed by atoms with Crippen LogP contribution in [-0.2, 0) is 23.9 Å². The van der Waals surface area contributed by atoms with Gasteiger partial charge >= 0.3 is 11.9 Å². The molecule has 0 amide bonds. The van der Waals surface area contributed by atoms with Crippen LogP contribution in [0, 0.1) is 11.8 Å². The monoisotopic (exact) mass is 298 g/mol. The van der Waals surface area contributed by atoms with E-state index in [1.54, 1.807) is 0 Å². The van der Waals surface area contributed by atoms with Crippen LogP contribution in [0.15, 0.2) is 0 Å². The van der Waals surface area contributed by atoms with Gasteiger partial charge in [0.1, 0.15) is 12.4 Å². The van der Waals surface area contributed by atoms with Crippen molar-refractivity contribution in [1.29, 1.82) is 0 Å². The van der Waals surface area contributed by atoms with Crippen molar-refractivity contribution < 1.29 is 23.9 Å². The highest BCUT2D eigenvalue weighted by atomic mass is 16.5. The van der Waals surface area contributed by atoms with Crippen LogP contribution in [0.3, 0.4) is 0 Å². The molecular weight excluding hydrogens is 272 g/mol. The van der Waals surface area contributed by atoms with Crippen molar-refractivity contribution in [2.75, 3.05) is 7.11 Å².